The van der Waals surface area contributed by atoms with Crippen LogP contribution in [0.15, 0.2) is 41.2 Å². The van der Waals surface area contributed by atoms with Gasteiger partial charge in [-0.15, -0.1) is 0 Å². The standard InChI is InChI=1S/C14H14N2O4/c1-9(14(18)19)16-13(17)8-7-12(15-16)10-3-5-11(20-2)6-4-10/h3-9H,1-2H3,(H,18,19). The van der Waals surface area contributed by atoms with Crippen molar-refractivity contribution in [2.45, 2.75) is 13.0 Å². The molecule has 0 saturated carbocycles. The minimum absolute atomic E-state index is 0.447. The van der Waals surface area contributed by atoms with Crippen molar-refractivity contribution in [3.8, 4) is 17.0 Å². The van der Waals surface area contributed by atoms with Crippen LogP contribution >= 0.6 is 0 Å². The number of benzene rings is 1. The molecule has 1 aromatic heterocycles. The molecule has 0 fully saturated rings. The zero-order valence-electron chi connectivity index (χ0n) is 11.1. The van der Waals surface area contributed by atoms with Crippen molar-refractivity contribution < 1.29 is 14.6 Å². The van der Waals surface area contributed by atoms with Crippen LogP contribution in [0, 0.1) is 0 Å². The lowest BCUT2D eigenvalue weighted by Gasteiger charge is -2.10. The molecule has 0 amide bonds. The molecule has 0 spiro atoms. The van der Waals surface area contributed by atoms with E-state index in [0.29, 0.717) is 11.4 Å². The van der Waals surface area contributed by atoms with E-state index in [0.717, 1.165) is 10.2 Å². The summed E-state index contributed by atoms with van der Waals surface area (Å²) in [6.07, 6.45) is 0. The first kappa shape index (κ1) is 13.8. The maximum absolute atomic E-state index is 11.7. The van der Waals surface area contributed by atoms with Crippen molar-refractivity contribution in [1.82, 2.24) is 9.78 Å². The van der Waals surface area contributed by atoms with Gasteiger partial charge in [-0.2, -0.15) is 5.10 Å². The van der Waals surface area contributed by atoms with Crippen LogP contribution in [-0.4, -0.2) is 28.0 Å². The number of rotatable bonds is 4. The molecule has 6 nitrogen and oxygen atoms in total. The van der Waals surface area contributed by atoms with Gasteiger partial charge in [-0.05, 0) is 37.3 Å². The monoisotopic (exact) mass is 274 g/mol. The first-order chi connectivity index (χ1) is 9.52. The Morgan fingerprint density at radius 2 is 1.90 bits per heavy atom. The van der Waals surface area contributed by atoms with Gasteiger partial charge in [0, 0.05) is 11.6 Å². The molecule has 104 valence electrons. The van der Waals surface area contributed by atoms with Gasteiger partial charge in [0.05, 0.1) is 12.8 Å². The highest BCUT2D eigenvalue weighted by molar-refractivity contribution is 5.71. The van der Waals surface area contributed by atoms with Crippen LogP contribution < -0.4 is 10.3 Å². The van der Waals surface area contributed by atoms with Crippen LogP contribution in [0.5, 0.6) is 5.75 Å². The van der Waals surface area contributed by atoms with E-state index < -0.39 is 17.6 Å². The molecule has 1 N–H and O–H groups in total. The predicted octanol–water partition coefficient (Wildman–Crippen LogP) is 1.56. The highest BCUT2D eigenvalue weighted by Crippen LogP contribution is 2.19. The van der Waals surface area contributed by atoms with E-state index in [1.165, 1.54) is 13.0 Å². The van der Waals surface area contributed by atoms with E-state index in [1.807, 2.05) is 0 Å². The molecule has 2 aromatic rings. The lowest BCUT2D eigenvalue weighted by atomic mass is 10.1. The van der Waals surface area contributed by atoms with Crippen molar-refractivity contribution in [1.29, 1.82) is 0 Å². The summed E-state index contributed by atoms with van der Waals surface area (Å²) in [5, 5.41) is 13.1. The van der Waals surface area contributed by atoms with E-state index in [9.17, 15) is 9.59 Å². The fourth-order valence-corrected chi connectivity index (χ4v) is 1.72. The number of aromatic nitrogens is 2. The van der Waals surface area contributed by atoms with Crippen LogP contribution in [0.25, 0.3) is 11.3 Å². The third kappa shape index (κ3) is 2.69. The summed E-state index contributed by atoms with van der Waals surface area (Å²) < 4.78 is 6.02. The van der Waals surface area contributed by atoms with Gasteiger partial charge in [0.2, 0.25) is 0 Å². The quantitative estimate of drug-likeness (QED) is 0.915. The van der Waals surface area contributed by atoms with Crippen molar-refractivity contribution in [2.75, 3.05) is 7.11 Å². The predicted molar refractivity (Wildman–Crippen MR) is 72.8 cm³/mol. The third-order valence-electron chi connectivity index (χ3n) is 2.94. The summed E-state index contributed by atoms with van der Waals surface area (Å²) in [7, 11) is 1.57. The first-order valence-electron chi connectivity index (χ1n) is 6.00. The van der Waals surface area contributed by atoms with Gasteiger partial charge < -0.3 is 9.84 Å². The highest BCUT2D eigenvalue weighted by atomic mass is 16.5. The summed E-state index contributed by atoms with van der Waals surface area (Å²) in [5.74, 6) is -0.396. The lowest BCUT2D eigenvalue weighted by Crippen LogP contribution is -2.29. The van der Waals surface area contributed by atoms with Gasteiger partial charge in [0.25, 0.3) is 5.56 Å². The Morgan fingerprint density at radius 1 is 1.25 bits per heavy atom. The summed E-state index contributed by atoms with van der Waals surface area (Å²) >= 11 is 0. The summed E-state index contributed by atoms with van der Waals surface area (Å²) in [5.41, 5.74) is 0.856. The number of carboxylic acids is 1. The lowest BCUT2D eigenvalue weighted by molar-refractivity contribution is -0.140. The molecule has 0 aliphatic carbocycles. The van der Waals surface area contributed by atoms with E-state index in [2.05, 4.69) is 5.10 Å². The second kappa shape index (κ2) is 5.56. The molecule has 1 aromatic carbocycles. The molecule has 6 heteroatoms. The largest absolute Gasteiger partial charge is 0.497 e. The molecular weight excluding hydrogens is 260 g/mol. The average molecular weight is 274 g/mol. The molecule has 0 radical (unpaired) electrons. The SMILES string of the molecule is COc1ccc(-c2ccc(=O)n(C(C)C(=O)O)n2)cc1. The van der Waals surface area contributed by atoms with Gasteiger partial charge in [0.1, 0.15) is 5.75 Å². The van der Waals surface area contributed by atoms with Crippen LogP contribution in [0.3, 0.4) is 0 Å². The van der Waals surface area contributed by atoms with Gasteiger partial charge in [-0.1, -0.05) is 0 Å². The molecule has 1 heterocycles. The second-order valence-corrected chi connectivity index (χ2v) is 4.24. The van der Waals surface area contributed by atoms with Crippen molar-refractivity contribution >= 4 is 5.97 Å². The van der Waals surface area contributed by atoms with Crippen molar-refractivity contribution in [3.05, 3.63) is 46.8 Å². The normalized spacial score (nSPS) is 11.9. The number of methoxy groups -OCH3 is 1. The molecule has 0 aliphatic rings. The van der Waals surface area contributed by atoms with E-state index in [1.54, 1.807) is 37.4 Å². The molecule has 2 rings (SSSR count). The Morgan fingerprint density at radius 3 is 2.45 bits per heavy atom. The topological polar surface area (TPSA) is 81.4 Å². The molecule has 0 aliphatic heterocycles. The molecular formula is C14H14N2O4. The van der Waals surface area contributed by atoms with E-state index in [-0.39, 0.29) is 0 Å². The minimum atomic E-state index is -1.11. The Bertz CT molecular complexity index is 676. The Labute approximate surface area is 115 Å². The fraction of sp³-hybridized carbons (Fsp3) is 0.214. The van der Waals surface area contributed by atoms with E-state index >= 15 is 0 Å². The van der Waals surface area contributed by atoms with Crippen LogP contribution in [-0.2, 0) is 4.79 Å². The molecule has 0 saturated heterocycles. The van der Waals surface area contributed by atoms with Gasteiger partial charge in [-0.3, -0.25) is 4.79 Å². The van der Waals surface area contributed by atoms with Gasteiger partial charge in [-0.25, -0.2) is 9.48 Å². The van der Waals surface area contributed by atoms with Crippen LogP contribution in [0.1, 0.15) is 13.0 Å². The Balaban J connectivity index is 2.45. The maximum atomic E-state index is 11.7. The average Bonchev–Trinajstić information content (AvgIpc) is 2.47. The van der Waals surface area contributed by atoms with E-state index in [4.69, 9.17) is 9.84 Å². The zero-order valence-corrected chi connectivity index (χ0v) is 11.1. The molecule has 0 bridgehead atoms. The number of hydrogen-bond donors (Lipinski definition) is 1. The number of nitrogens with zero attached hydrogens (tertiary/aromatic N) is 2. The summed E-state index contributed by atoms with van der Waals surface area (Å²) in [4.78, 5) is 22.6. The minimum Gasteiger partial charge on any atom is -0.497 e. The molecule has 1 unspecified atom stereocenters. The molecule has 20 heavy (non-hydrogen) atoms. The third-order valence-corrected chi connectivity index (χ3v) is 2.94. The van der Waals surface area contributed by atoms with Crippen LogP contribution in [0.2, 0.25) is 0 Å². The van der Waals surface area contributed by atoms with Crippen molar-refractivity contribution in [3.63, 3.8) is 0 Å². The Hall–Kier alpha value is -2.63. The fourth-order valence-electron chi connectivity index (χ4n) is 1.72. The Kier molecular flexibility index (Phi) is 3.84. The van der Waals surface area contributed by atoms with Gasteiger partial charge in [0.15, 0.2) is 6.04 Å². The second-order valence-electron chi connectivity index (χ2n) is 4.24. The molecule has 1 atom stereocenters. The van der Waals surface area contributed by atoms with Crippen molar-refractivity contribution in [2.24, 2.45) is 0 Å². The maximum Gasteiger partial charge on any atom is 0.328 e. The number of aliphatic carboxylic acids is 1. The number of hydrogen-bond acceptors (Lipinski definition) is 4. The highest BCUT2D eigenvalue weighted by Gasteiger charge is 2.16. The summed E-state index contributed by atoms with van der Waals surface area (Å²) in [6, 6.07) is 8.99. The number of carbonyl (C=O) groups is 1. The van der Waals surface area contributed by atoms with Gasteiger partial charge >= 0.3 is 5.97 Å². The number of carboxylic acid groups (broad SMARTS) is 1. The summed E-state index contributed by atoms with van der Waals surface area (Å²) in [6.45, 7) is 1.41. The van der Waals surface area contributed by atoms with Crippen LogP contribution in [0.4, 0.5) is 0 Å². The smallest absolute Gasteiger partial charge is 0.328 e. The zero-order chi connectivity index (χ0) is 14.7. The first-order valence-corrected chi connectivity index (χ1v) is 6.00. The number of ether oxygens (including phenoxy) is 1.